The van der Waals surface area contributed by atoms with Crippen LogP contribution < -0.4 is 5.32 Å². The van der Waals surface area contributed by atoms with Crippen molar-refractivity contribution in [2.24, 2.45) is 0 Å². The number of rotatable bonds is 3. The van der Waals surface area contributed by atoms with Gasteiger partial charge in [-0.25, -0.2) is 0 Å². The molecule has 4 heteroatoms. The second-order valence-corrected chi connectivity index (χ2v) is 4.18. The zero-order valence-electron chi connectivity index (χ0n) is 9.92. The van der Waals surface area contributed by atoms with Gasteiger partial charge in [0.2, 0.25) is 0 Å². The zero-order valence-corrected chi connectivity index (χ0v) is 10.9. The summed E-state index contributed by atoms with van der Waals surface area (Å²) in [5.74, 6) is 0. The van der Waals surface area contributed by atoms with E-state index in [0.717, 1.165) is 30.9 Å². The first-order chi connectivity index (χ1) is 7.24. The lowest BCUT2D eigenvalue weighted by Gasteiger charge is -2.11. The van der Waals surface area contributed by atoms with Crippen molar-refractivity contribution in [1.29, 1.82) is 0 Å². The molecule has 1 aliphatic rings. The Morgan fingerprint density at radius 1 is 1.38 bits per heavy atom. The first-order valence-corrected chi connectivity index (χ1v) is 5.50. The molecule has 0 saturated carbocycles. The fraction of sp³-hybridized carbons (Fsp3) is 0.583. The van der Waals surface area contributed by atoms with Gasteiger partial charge in [0.15, 0.2) is 0 Å². The third-order valence-electron chi connectivity index (χ3n) is 2.64. The van der Waals surface area contributed by atoms with Crippen molar-refractivity contribution in [3.8, 4) is 0 Å². The van der Waals surface area contributed by atoms with Crippen LogP contribution >= 0.6 is 13.5 Å². The number of hydrogen-bond donors (Lipinski definition) is 1. The van der Waals surface area contributed by atoms with Crippen LogP contribution in [-0.2, 0) is 11.3 Å². The number of ether oxygens (including phenoxy) is 1. The van der Waals surface area contributed by atoms with Gasteiger partial charge >= 0.3 is 0 Å². The van der Waals surface area contributed by atoms with Crippen molar-refractivity contribution in [1.82, 2.24) is 10.3 Å². The molecule has 90 valence electrons. The van der Waals surface area contributed by atoms with Gasteiger partial charge in [0, 0.05) is 17.9 Å². The number of nitrogens with zero attached hydrogens (tertiary/aromatic N) is 1. The molecular formula is C12H20N2OS. The van der Waals surface area contributed by atoms with Crippen LogP contribution in [-0.4, -0.2) is 24.2 Å². The molecule has 1 aromatic heterocycles. The van der Waals surface area contributed by atoms with Crippen LogP contribution in [0.1, 0.15) is 23.4 Å². The minimum atomic E-state index is 0. The lowest BCUT2D eigenvalue weighted by molar-refractivity contribution is 0.0541. The van der Waals surface area contributed by atoms with Crippen molar-refractivity contribution in [3.05, 3.63) is 29.1 Å². The quantitative estimate of drug-likeness (QED) is 0.873. The average Bonchev–Trinajstić information content (AvgIpc) is 2.65. The summed E-state index contributed by atoms with van der Waals surface area (Å²) >= 11 is 0. The monoisotopic (exact) mass is 240 g/mol. The standard InChI is InChI=1S/C12H18N2O.H2S/c1-9-5-11(6-10(2)14-9)8-15-12-3-4-13-7-12;/h5-6,12-13H,3-4,7-8H2,1-2H3;1H2/t12-;/m0./s1. The summed E-state index contributed by atoms with van der Waals surface area (Å²) in [4.78, 5) is 4.35. The topological polar surface area (TPSA) is 34.1 Å². The van der Waals surface area contributed by atoms with Crippen LogP contribution in [0, 0.1) is 13.8 Å². The predicted octanol–water partition coefficient (Wildman–Crippen LogP) is 1.69. The molecule has 1 saturated heterocycles. The Hall–Kier alpha value is -0.580. The number of pyridine rings is 1. The first kappa shape index (κ1) is 13.5. The van der Waals surface area contributed by atoms with Gasteiger partial charge in [-0.2, -0.15) is 13.5 Å². The SMILES string of the molecule is Cc1cc(CO[C@H]2CCNC2)cc(C)n1.S. The third-order valence-corrected chi connectivity index (χ3v) is 2.64. The molecule has 1 aromatic rings. The van der Waals surface area contributed by atoms with Gasteiger partial charge in [-0.05, 0) is 44.5 Å². The van der Waals surface area contributed by atoms with Crippen molar-refractivity contribution in [2.45, 2.75) is 33.0 Å². The highest BCUT2D eigenvalue weighted by atomic mass is 32.1. The molecule has 0 aliphatic carbocycles. The van der Waals surface area contributed by atoms with Crippen molar-refractivity contribution in [2.75, 3.05) is 13.1 Å². The largest absolute Gasteiger partial charge is 0.372 e. The number of aromatic nitrogens is 1. The fourth-order valence-electron chi connectivity index (χ4n) is 1.99. The normalized spacial score (nSPS) is 19.5. The second kappa shape index (κ2) is 6.23. The Balaban J connectivity index is 0.00000128. The van der Waals surface area contributed by atoms with E-state index < -0.39 is 0 Å². The maximum atomic E-state index is 5.81. The molecule has 2 heterocycles. The van der Waals surface area contributed by atoms with E-state index in [4.69, 9.17) is 4.74 Å². The van der Waals surface area contributed by atoms with Gasteiger partial charge in [-0.15, -0.1) is 0 Å². The molecule has 1 N–H and O–H groups in total. The molecule has 0 bridgehead atoms. The molecular weight excluding hydrogens is 220 g/mol. The highest BCUT2D eigenvalue weighted by Gasteiger charge is 2.14. The highest BCUT2D eigenvalue weighted by molar-refractivity contribution is 7.59. The Bertz CT molecular complexity index is 318. The predicted molar refractivity (Wildman–Crippen MR) is 70.2 cm³/mol. The summed E-state index contributed by atoms with van der Waals surface area (Å²) in [6.45, 7) is 6.82. The smallest absolute Gasteiger partial charge is 0.0722 e. The summed E-state index contributed by atoms with van der Waals surface area (Å²) in [5, 5.41) is 3.29. The maximum absolute atomic E-state index is 5.81. The second-order valence-electron chi connectivity index (χ2n) is 4.18. The van der Waals surface area contributed by atoms with Gasteiger partial charge in [0.05, 0.1) is 12.7 Å². The van der Waals surface area contributed by atoms with E-state index in [2.05, 4.69) is 22.4 Å². The molecule has 0 amide bonds. The van der Waals surface area contributed by atoms with Crippen molar-refractivity contribution >= 4 is 13.5 Å². The van der Waals surface area contributed by atoms with Crippen LogP contribution in [0.15, 0.2) is 12.1 Å². The molecule has 0 unspecified atom stereocenters. The summed E-state index contributed by atoms with van der Waals surface area (Å²) in [6.07, 6.45) is 1.52. The maximum Gasteiger partial charge on any atom is 0.0722 e. The molecule has 1 fully saturated rings. The van der Waals surface area contributed by atoms with Gasteiger partial charge < -0.3 is 10.1 Å². The van der Waals surface area contributed by atoms with E-state index in [1.807, 2.05) is 13.8 Å². The number of aryl methyl sites for hydroxylation is 2. The summed E-state index contributed by atoms with van der Waals surface area (Å²) in [7, 11) is 0. The molecule has 0 radical (unpaired) electrons. The van der Waals surface area contributed by atoms with Crippen LogP contribution in [0.4, 0.5) is 0 Å². The van der Waals surface area contributed by atoms with E-state index in [0.29, 0.717) is 12.7 Å². The molecule has 0 aromatic carbocycles. The minimum absolute atomic E-state index is 0. The third kappa shape index (κ3) is 3.77. The van der Waals surface area contributed by atoms with E-state index in [9.17, 15) is 0 Å². The summed E-state index contributed by atoms with van der Waals surface area (Å²) < 4.78 is 5.81. The lowest BCUT2D eigenvalue weighted by atomic mass is 10.2. The minimum Gasteiger partial charge on any atom is -0.372 e. The lowest BCUT2D eigenvalue weighted by Crippen LogP contribution is -2.16. The Kier molecular flexibility index (Phi) is 5.25. The molecule has 16 heavy (non-hydrogen) atoms. The number of hydrogen-bond acceptors (Lipinski definition) is 3. The highest BCUT2D eigenvalue weighted by Crippen LogP contribution is 2.10. The van der Waals surface area contributed by atoms with Gasteiger partial charge in [0.25, 0.3) is 0 Å². The zero-order chi connectivity index (χ0) is 10.7. The van der Waals surface area contributed by atoms with Crippen LogP contribution in [0.25, 0.3) is 0 Å². The van der Waals surface area contributed by atoms with E-state index in [1.165, 1.54) is 5.56 Å². The molecule has 0 spiro atoms. The van der Waals surface area contributed by atoms with Gasteiger partial charge in [-0.3, -0.25) is 4.98 Å². The number of nitrogens with one attached hydrogen (secondary N) is 1. The van der Waals surface area contributed by atoms with Crippen LogP contribution in [0.5, 0.6) is 0 Å². The Morgan fingerprint density at radius 2 is 2.06 bits per heavy atom. The first-order valence-electron chi connectivity index (χ1n) is 5.50. The fourth-order valence-corrected chi connectivity index (χ4v) is 1.99. The Morgan fingerprint density at radius 3 is 2.62 bits per heavy atom. The van der Waals surface area contributed by atoms with E-state index in [1.54, 1.807) is 0 Å². The van der Waals surface area contributed by atoms with Crippen LogP contribution in [0.2, 0.25) is 0 Å². The van der Waals surface area contributed by atoms with Crippen molar-refractivity contribution < 1.29 is 4.74 Å². The van der Waals surface area contributed by atoms with Crippen molar-refractivity contribution in [3.63, 3.8) is 0 Å². The van der Waals surface area contributed by atoms with E-state index >= 15 is 0 Å². The summed E-state index contributed by atoms with van der Waals surface area (Å²) in [5.41, 5.74) is 3.36. The molecule has 1 atom stereocenters. The van der Waals surface area contributed by atoms with Crippen LogP contribution in [0.3, 0.4) is 0 Å². The molecule has 1 aliphatic heterocycles. The molecule has 2 rings (SSSR count). The Labute approximate surface area is 104 Å². The van der Waals surface area contributed by atoms with Gasteiger partial charge in [-0.1, -0.05) is 0 Å². The van der Waals surface area contributed by atoms with E-state index in [-0.39, 0.29) is 13.5 Å². The van der Waals surface area contributed by atoms with Gasteiger partial charge in [0.1, 0.15) is 0 Å². The summed E-state index contributed by atoms with van der Waals surface area (Å²) in [6, 6.07) is 4.19. The average molecular weight is 240 g/mol. The molecule has 3 nitrogen and oxygen atoms in total.